The molecule has 8 heteroatoms. The van der Waals surface area contributed by atoms with Gasteiger partial charge >= 0.3 is 0 Å². The van der Waals surface area contributed by atoms with Gasteiger partial charge in [0.25, 0.3) is 0 Å². The first-order valence-corrected chi connectivity index (χ1v) is 6.98. The maximum atomic E-state index is 10.8. The summed E-state index contributed by atoms with van der Waals surface area (Å²) in [5.41, 5.74) is -1.31. The van der Waals surface area contributed by atoms with Crippen LogP contribution in [-0.2, 0) is 4.74 Å². The fraction of sp³-hybridized carbons (Fsp3) is 0.429. The molecule has 0 radical (unpaired) electrons. The van der Waals surface area contributed by atoms with Crippen molar-refractivity contribution in [2.24, 2.45) is 0 Å². The predicted octanol–water partition coefficient (Wildman–Crippen LogP) is 0.0897. The quantitative estimate of drug-likeness (QED) is 0.547. The largest absolute Gasteiger partial charge is 0.394 e. The van der Waals surface area contributed by atoms with Crippen molar-refractivity contribution < 1.29 is 20.1 Å². The number of aromatic nitrogens is 3. The Labute approximate surface area is 131 Å². The Morgan fingerprint density at radius 1 is 1.50 bits per heavy atom. The average molecular weight is 324 g/mol. The molecule has 116 valence electrons. The van der Waals surface area contributed by atoms with Crippen LogP contribution in [0.3, 0.4) is 0 Å². The zero-order valence-electron chi connectivity index (χ0n) is 11.4. The fourth-order valence-electron chi connectivity index (χ4n) is 2.76. The number of nitrogens with zero attached hydrogens (tertiary/aromatic N) is 3. The van der Waals surface area contributed by atoms with E-state index in [-0.39, 0.29) is 11.6 Å². The third-order valence-corrected chi connectivity index (χ3v) is 4.18. The number of aliphatic hydroxyl groups is 3. The van der Waals surface area contributed by atoms with Gasteiger partial charge in [0.1, 0.15) is 34.9 Å². The first-order valence-electron chi connectivity index (χ1n) is 6.60. The molecule has 0 amide bonds. The van der Waals surface area contributed by atoms with Crippen LogP contribution in [0.4, 0.5) is 0 Å². The number of hydrogen-bond donors (Lipinski definition) is 3. The molecule has 3 rings (SSSR count). The number of terminal acetylenes is 1. The van der Waals surface area contributed by atoms with Crippen molar-refractivity contribution in [1.29, 1.82) is 0 Å². The van der Waals surface area contributed by atoms with E-state index < -0.39 is 30.6 Å². The van der Waals surface area contributed by atoms with Crippen LogP contribution < -0.4 is 0 Å². The number of halogens is 1. The average Bonchev–Trinajstić information content (AvgIpc) is 3.02. The minimum Gasteiger partial charge on any atom is -0.394 e. The number of aliphatic hydroxyl groups excluding tert-OH is 2. The van der Waals surface area contributed by atoms with E-state index in [9.17, 15) is 15.3 Å². The molecule has 0 bridgehead atoms. The van der Waals surface area contributed by atoms with E-state index in [0.717, 1.165) is 0 Å². The van der Waals surface area contributed by atoms with Crippen LogP contribution >= 0.6 is 11.6 Å². The van der Waals surface area contributed by atoms with Gasteiger partial charge in [-0.05, 0) is 6.07 Å². The highest BCUT2D eigenvalue weighted by Crippen LogP contribution is 2.42. The molecule has 22 heavy (non-hydrogen) atoms. The second kappa shape index (κ2) is 5.50. The van der Waals surface area contributed by atoms with E-state index in [1.165, 1.54) is 10.9 Å². The van der Waals surface area contributed by atoms with Gasteiger partial charge < -0.3 is 24.6 Å². The van der Waals surface area contributed by atoms with Crippen LogP contribution in [0.1, 0.15) is 12.6 Å². The van der Waals surface area contributed by atoms with Gasteiger partial charge in [-0.3, -0.25) is 0 Å². The van der Waals surface area contributed by atoms with Crippen LogP contribution in [-0.4, -0.2) is 54.3 Å². The van der Waals surface area contributed by atoms with Gasteiger partial charge in [0, 0.05) is 12.6 Å². The monoisotopic (exact) mass is 323 g/mol. The van der Waals surface area contributed by atoms with E-state index in [2.05, 4.69) is 15.9 Å². The smallest absolute Gasteiger partial charge is 0.168 e. The van der Waals surface area contributed by atoms with E-state index in [4.69, 9.17) is 22.8 Å². The molecule has 0 aromatic carbocycles. The zero-order chi connectivity index (χ0) is 15.9. The molecular weight excluding hydrogens is 310 g/mol. The fourth-order valence-corrected chi connectivity index (χ4v) is 2.95. The number of fused-ring (bicyclic) bond motifs is 1. The lowest BCUT2D eigenvalue weighted by Crippen LogP contribution is -2.46. The van der Waals surface area contributed by atoms with Gasteiger partial charge in [0.2, 0.25) is 0 Å². The number of hydrogen-bond acceptors (Lipinski definition) is 6. The lowest BCUT2D eigenvalue weighted by Gasteiger charge is -2.30. The van der Waals surface area contributed by atoms with Crippen LogP contribution in [0, 0.1) is 12.3 Å². The lowest BCUT2D eigenvalue weighted by molar-refractivity contribution is -0.104. The maximum Gasteiger partial charge on any atom is 0.168 e. The Hall–Kier alpha value is -1.69. The molecule has 1 aliphatic rings. The molecule has 2 aromatic rings. The van der Waals surface area contributed by atoms with Crippen LogP contribution in [0.15, 0.2) is 18.6 Å². The molecular formula is C14H14ClN3O4. The highest BCUT2D eigenvalue weighted by molar-refractivity contribution is 6.33. The first-order chi connectivity index (χ1) is 10.5. The number of ether oxygens (including phenoxy) is 1. The van der Waals surface area contributed by atoms with Crippen LogP contribution in [0.5, 0.6) is 0 Å². The van der Waals surface area contributed by atoms with E-state index in [1.54, 1.807) is 12.3 Å². The summed E-state index contributed by atoms with van der Waals surface area (Å²) < 4.78 is 7.12. The molecule has 0 spiro atoms. The Morgan fingerprint density at radius 3 is 2.95 bits per heavy atom. The van der Waals surface area contributed by atoms with Gasteiger partial charge in [0.05, 0.1) is 12.0 Å². The third kappa shape index (κ3) is 2.08. The summed E-state index contributed by atoms with van der Waals surface area (Å²) in [5.74, 6) is 2.33. The van der Waals surface area contributed by atoms with Crippen LogP contribution in [0.2, 0.25) is 5.15 Å². The van der Waals surface area contributed by atoms with E-state index in [1.807, 2.05) is 0 Å². The summed E-state index contributed by atoms with van der Waals surface area (Å²) in [6.45, 7) is -0.445. The Balaban J connectivity index is 2.12. The highest BCUT2D eigenvalue weighted by Gasteiger charge is 2.55. The molecule has 0 aliphatic carbocycles. The molecule has 3 N–H and O–H groups in total. The second-order valence-electron chi connectivity index (χ2n) is 5.15. The maximum absolute atomic E-state index is 10.8. The van der Waals surface area contributed by atoms with Gasteiger partial charge in [-0.15, -0.1) is 12.3 Å². The summed E-state index contributed by atoms with van der Waals surface area (Å²) in [6, 6.07) is 1.68. The lowest BCUT2D eigenvalue weighted by atomic mass is 9.91. The van der Waals surface area contributed by atoms with Gasteiger partial charge in [0.15, 0.2) is 6.23 Å². The molecule has 7 nitrogen and oxygen atoms in total. The highest BCUT2D eigenvalue weighted by atomic mass is 35.5. The normalized spacial score (nSPS) is 31.5. The summed E-state index contributed by atoms with van der Waals surface area (Å²) in [5, 5.41) is 31.2. The molecule has 1 fully saturated rings. The molecule has 4 atom stereocenters. The second-order valence-corrected chi connectivity index (χ2v) is 5.51. The van der Waals surface area contributed by atoms with Crippen molar-refractivity contribution in [2.75, 3.05) is 6.61 Å². The topological polar surface area (TPSA) is 101 Å². The Morgan fingerprint density at radius 2 is 2.27 bits per heavy atom. The van der Waals surface area contributed by atoms with Crippen LogP contribution in [0.25, 0.3) is 11.0 Å². The molecule has 0 saturated carbocycles. The van der Waals surface area contributed by atoms with Crippen molar-refractivity contribution in [3.05, 3.63) is 23.7 Å². The van der Waals surface area contributed by atoms with Crippen molar-refractivity contribution >= 4 is 22.6 Å². The first kappa shape index (κ1) is 15.2. The summed E-state index contributed by atoms with van der Waals surface area (Å²) in [7, 11) is 0. The van der Waals surface area contributed by atoms with Crippen molar-refractivity contribution in [1.82, 2.24) is 14.5 Å². The minimum atomic E-state index is -1.74. The van der Waals surface area contributed by atoms with E-state index in [0.29, 0.717) is 11.0 Å². The molecule has 0 unspecified atom stereocenters. The predicted molar refractivity (Wildman–Crippen MR) is 77.9 cm³/mol. The Kier molecular flexibility index (Phi) is 3.80. The minimum absolute atomic E-state index is 0.145. The summed E-state index contributed by atoms with van der Waals surface area (Å²) in [4.78, 5) is 8.01. The molecule has 1 aliphatic heterocycles. The SMILES string of the molecule is C#CC[C@@]1(O)[C@H](O)[C@@H](CO)O[C@H]1n1ccc2c(Cl)ncnc21. The standard InChI is InChI=1S/C14H14ClN3O4/c1-2-4-14(21)10(20)9(6-19)22-13(14)18-5-3-8-11(15)16-7-17-12(8)18/h1,3,5,7,9-10,13,19-21H,4,6H2/t9-,10-,13-,14-/m1/s1. The van der Waals surface area contributed by atoms with Crippen molar-refractivity contribution in [2.45, 2.75) is 30.5 Å². The zero-order valence-corrected chi connectivity index (χ0v) is 12.2. The number of rotatable bonds is 3. The van der Waals surface area contributed by atoms with Gasteiger partial charge in [-0.25, -0.2) is 9.97 Å². The van der Waals surface area contributed by atoms with Crippen molar-refractivity contribution in [3.63, 3.8) is 0 Å². The molecule has 3 heterocycles. The van der Waals surface area contributed by atoms with Gasteiger partial charge in [-0.1, -0.05) is 11.6 Å². The van der Waals surface area contributed by atoms with Crippen molar-refractivity contribution in [3.8, 4) is 12.3 Å². The molecule has 2 aromatic heterocycles. The van der Waals surface area contributed by atoms with Gasteiger partial charge in [-0.2, -0.15) is 0 Å². The Bertz CT molecular complexity index is 743. The summed E-state index contributed by atoms with van der Waals surface area (Å²) >= 11 is 6.00. The third-order valence-electron chi connectivity index (χ3n) is 3.87. The van der Waals surface area contributed by atoms with E-state index >= 15 is 0 Å². The summed E-state index contributed by atoms with van der Waals surface area (Å²) in [6.07, 6.45) is 4.79. The molecule has 1 saturated heterocycles.